The lowest BCUT2D eigenvalue weighted by Crippen LogP contribution is -1.78. The van der Waals surface area contributed by atoms with Crippen LogP contribution < -0.4 is 0 Å². The highest BCUT2D eigenvalue weighted by Gasteiger charge is 2.33. The van der Waals surface area contributed by atoms with Crippen molar-refractivity contribution >= 4 is 6.21 Å². The third-order valence-electron chi connectivity index (χ3n) is 2.03. The van der Waals surface area contributed by atoms with Crippen molar-refractivity contribution in [3.8, 4) is 0 Å². The van der Waals surface area contributed by atoms with Gasteiger partial charge < -0.3 is 0 Å². The first-order chi connectivity index (χ1) is 6.38. The maximum atomic E-state index is 4.32. The first kappa shape index (κ1) is 9.97. The van der Waals surface area contributed by atoms with Crippen LogP contribution in [0.5, 0.6) is 0 Å². The monoisotopic (exact) mass is 175 g/mol. The van der Waals surface area contributed by atoms with Crippen LogP contribution in [0.15, 0.2) is 41.4 Å². The molecule has 0 spiro atoms. The molecule has 0 aromatic carbocycles. The van der Waals surface area contributed by atoms with E-state index >= 15 is 0 Å². The van der Waals surface area contributed by atoms with Crippen LogP contribution >= 0.6 is 0 Å². The molecule has 1 fully saturated rings. The predicted octanol–water partition coefficient (Wildman–Crippen LogP) is 3.15. The minimum Gasteiger partial charge on any atom is -0.294 e. The first-order valence-corrected chi connectivity index (χ1v) is 4.82. The molecule has 0 amide bonds. The lowest BCUT2D eigenvalue weighted by atomic mass is 10.3. The van der Waals surface area contributed by atoms with E-state index in [-0.39, 0.29) is 0 Å². The molecule has 1 aliphatic carbocycles. The molecule has 2 atom stereocenters. The average molecular weight is 175 g/mol. The van der Waals surface area contributed by atoms with Crippen LogP contribution in [0.3, 0.4) is 0 Å². The SMILES string of the molecule is CC=NC1CC1\C=C/C=C/C=C/C. The van der Waals surface area contributed by atoms with E-state index in [4.69, 9.17) is 0 Å². The number of aliphatic imine (C=N–C) groups is 1. The maximum absolute atomic E-state index is 4.32. The van der Waals surface area contributed by atoms with Crippen molar-refractivity contribution in [3.05, 3.63) is 36.5 Å². The van der Waals surface area contributed by atoms with E-state index in [1.165, 1.54) is 6.42 Å². The van der Waals surface area contributed by atoms with Crippen molar-refractivity contribution < 1.29 is 0 Å². The number of nitrogens with zero attached hydrogens (tertiary/aromatic N) is 1. The second-order valence-corrected chi connectivity index (χ2v) is 3.17. The minimum absolute atomic E-state index is 0.566. The molecule has 1 heteroatoms. The summed E-state index contributed by atoms with van der Waals surface area (Å²) in [5, 5.41) is 0. The van der Waals surface area contributed by atoms with Gasteiger partial charge in [-0.25, -0.2) is 0 Å². The van der Waals surface area contributed by atoms with Crippen LogP contribution in [0.25, 0.3) is 0 Å². The molecule has 0 radical (unpaired) electrons. The quantitative estimate of drug-likeness (QED) is 0.460. The third-order valence-corrected chi connectivity index (χ3v) is 2.03. The molecule has 1 nitrogen and oxygen atoms in total. The number of hydrogen-bond acceptors (Lipinski definition) is 1. The molecule has 1 aliphatic rings. The van der Waals surface area contributed by atoms with Crippen molar-refractivity contribution in [1.82, 2.24) is 0 Å². The van der Waals surface area contributed by atoms with E-state index in [0.717, 1.165) is 0 Å². The maximum Gasteiger partial charge on any atom is 0.0565 e. The summed E-state index contributed by atoms with van der Waals surface area (Å²) in [4.78, 5) is 4.32. The molecule has 0 heterocycles. The van der Waals surface area contributed by atoms with Gasteiger partial charge in [0.25, 0.3) is 0 Å². The fraction of sp³-hybridized carbons (Fsp3) is 0.417. The van der Waals surface area contributed by atoms with Crippen LogP contribution in [-0.2, 0) is 0 Å². The van der Waals surface area contributed by atoms with Crippen molar-refractivity contribution in [3.63, 3.8) is 0 Å². The number of hydrogen-bond donors (Lipinski definition) is 0. The van der Waals surface area contributed by atoms with E-state index < -0.39 is 0 Å². The fourth-order valence-electron chi connectivity index (χ4n) is 1.22. The number of rotatable bonds is 4. The van der Waals surface area contributed by atoms with Gasteiger partial charge in [0.1, 0.15) is 0 Å². The summed E-state index contributed by atoms with van der Waals surface area (Å²) in [7, 11) is 0. The highest BCUT2D eigenvalue weighted by Crippen LogP contribution is 2.34. The largest absolute Gasteiger partial charge is 0.294 e. The standard InChI is InChI=1S/C12H17N/c1-3-5-6-7-8-9-11-10-12(11)13-4-2/h3-9,11-12H,10H2,1-2H3/b5-3+,7-6+,9-8-,13-4?. The van der Waals surface area contributed by atoms with Gasteiger partial charge >= 0.3 is 0 Å². The molecule has 1 rings (SSSR count). The van der Waals surface area contributed by atoms with Crippen LogP contribution in [0, 0.1) is 5.92 Å². The Morgan fingerprint density at radius 1 is 1.08 bits per heavy atom. The van der Waals surface area contributed by atoms with Crippen molar-refractivity contribution in [2.45, 2.75) is 26.3 Å². The number of allylic oxidation sites excluding steroid dienone is 5. The van der Waals surface area contributed by atoms with Gasteiger partial charge in [0.15, 0.2) is 0 Å². The van der Waals surface area contributed by atoms with E-state index in [1.807, 2.05) is 38.3 Å². The van der Waals surface area contributed by atoms with Gasteiger partial charge in [0.2, 0.25) is 0 Å². The minimum atomic E-state index is 0.566. The molecular formula is C12H17N. The zero-order chi connectivity index (χ0) is 9.52. The lowest BCUT2D eigenvalue weighted by molar-refractivity contribution is 0.980. The van der Waals surface area contributed by atoms with Crippen molar-refractivity contribution in [1.29, 1.82) is 0 Å². The molecule has 2 unspecified atom stereocenters. The molecule has 0 aromatic rings. The predicted molar refractivity (Wildman–Crippen MR) is 59.2 cm³/mol. The summed E-state index contributed by atoms with van der Waals surface area (Å²) in [6.07, 6.45) is 15.6. The van der Waals surface area contributed by atoms with Crippen LogP contribution in [0.4, 0.5) is 0 Å². The van der Waals surface area contributed by atoms with E-state index in [1.54, 1.807) is 0 Å². The smallest absolute Gasteiger partial charge is 0.0565 e. The normalized spacial score (nSPS) is 28.8. The second kappa shape index (κ2) is 5.52. The van der Waals surface area contributed by atoms with Gasteiger partial charge in [-0.05, 0) is 26.5 Å². The van der Waals surface area contributed by atoms with Crippen LogP contribution in [0.2, 0.25) is 0 Å². The third kappa shape index (κ3) is 3.88. The molecule has 0 aliphatic heterocycles. The fourth-order valence-corrected chi connectivity index (χ4v) is 1.22. The Balaban J connectivity index is 2.20. The Hall–Kier alpha value is -1.11. The van der Waals surface area contributed by atoms with Gasteiger partial charge in [-0.3, -0.25) is 4.99 Å². The first-order valence-electron chi connectivity index (χ1n) is 4.82. The Kier molecular flexibility index (Phi) is 4.24. The molecule has 13 heavy (non-hydrogen) atoms. The summed E-state index contributed by atoms with van der Waals surface area (Å²) in [5.74, 6) is 0.687. The highest BCUT2D eigenvalue weighted by atomic mass is 14.8. The zero-order valence-electron chi connectivity index (χ0n) is 8.35. The topological polar surface area (TPSA) is 12.4 Å². The van der Waals surface area contributed by atoms with E-state index in [0.29, 0.717) is 12.0 Å². The highest BCUT2D eigenvalue weighted by molar-refractivity contribution is 5.54. The van der Waals surface area contributed by atoms with Gasteiger partial charge in [0.05, 0.1) is 6.04 Å². The summed E-state index contributed by atoms with van der Waals surface area (Å²) in [6, 6.07) is 0.566. The summed E-state index contributed by atoms with van der Waals surface area (Å²) in [6.45, 7) is 3.99. The zero-order valence-corrected chi connectivity index (χ0v) is 8.35. The molecular weight excluding hydrogens is 158 g/mol. The van der Waals surface area contributed by atoms with Crippen LogP contribution in [-0.4, -0.2) is 12.3 Å². The summed E-state index contributed by atoms with van der Waals surface area (Å²) < 4.78 is 0. The Morgan fingerprint density at radius 2 is 1.85 bits per heavy atom. The van der Waals surface area contributed by atoms with Gasteiger partial charge in [0, 0.05) is 5.92 Å². The molecule has 0 saturated heterocycles. The van der Waals surface area contributed by atoms with Gasteiger partial charge in [-0.2, -0.15) is 0 Å². The Bertz CT molecular complexity index is 246. The molecule has 70 valence electrons. The van der Waals surface area contributed by atoms with E-state index in [9.17, 15) is 0 Å². The van der Waals surface area contributed by atoms with Gasteiger partial charge in [-0.1, -0.05) is 36.5 Å². The Morgan fingerprint density at radius 3 is 2.54 bits per heavy atom. The lowest BCUT2D eigenvalue weighted by Gasteiger charge is -1.82. The van der Waals surface area contributed by atoms with Crippen molar-refractivity contribution in [2.24, 2.45) is 10.9 Å². The average Bonchev–Trinajstić information content (AvgIpc) is 2.84. The molecule has 0 N–H and O–H groups in total. The second-order valence-electron chi connectivity index (χ2n) is 3.17. The Labute approximate surface area is 80.6 Å². The molecule has 0 aromatic heterocycles. The summed E-state index contributed by atoms with van der Waals surface area (Å²) >= 11 is 0. The van der Waals surface area contributed by atoms with Crippen molar-refractivity contribution in [2.75, 3.05) is 0 Å². The van der Waals surface area contributed by atoms with E-state index in [2.05, 4.69) is 23.2 Å². The van der Waals surface area contributed by atoms with Gasteiger partial charge in [-0.15, -0.1) is 0 Å². The summed E-state index contributed by atoms with van der Waals surface area (Å²) in [5.41, 5.74) is 0. The molecule has 0 bridgehead atoms. The van der Waals surface area contributed by atoms with Crippen LogP contribution in [0.1, 0.15) is 20.3 Å². The molecule has 1 saturated carbocycles.